The summed E-state index contributed by atoms with van der Waals surface area (Å²) in [6.45, 7) is 1.89. The number of alkyl halides is 3. The molecule has 11 heteroatoms. The van der Waals surface area contributed by atoms with Crippen LogP contribution in [0.4, 0.5) is 18.9 Å². The minimum absolute atomic E-state index is 0.0417. The lowest BCUT2D eigenvalue weighted by atomic mass is 10.0. The SMILES string of the molecule is C[C@H](NC(=O)CC(=O)Nc1ccc(C(=N)N)cc1)c1ccc2ccccc2c1.O=C(O)C(F)(F)F. The molecule has 0 aliphatic rings. The number of nitrogens with one attached hydrogen (secondary N) is 3. The van der Waals surface area contributed by atoms with Gasteiger partial charge in [0.05, 0.1) is 6.04 Å². The van der Waals surface area contributed by atoms with Crippen molar-refractivity contribution in [2.45, 2.75) is 25.6 Å². The number of amidine groups is 1. The van der Waals surface area contributed by atoms with Crippen molar-refractivity contribution in [3.63, 3.8) is 0 Å². The Balaban J connectivity index is 0.000000540. The number of hydrogen-bond acceptors (Lipinski definition) is 4. The van der Waals surface area contributed by atoms with Gasteiger partial charge in [-0.25, -0.2) is 4.79 Å². The number of rotatable bonds is 6. The van der Waals surface area contributed by atoms with Crippen LogP contribution in [0, 0.1) is 5.41 Å². The third kappa shape index (κ3) is 8.46. The van der Waals surface area contributed by atoms with Gasteiger partial charge in [-0.15, -0.1) is 0 Å². The summed E-state index contributed by atoms with van der Waals surface area (Å²) in [4.78, 5) is 33.2. The number of aliphatic carboxylic acids is 1. The van der Waals surface area contributed by atoms with Crippen LogP contribution in [0.2, 0.25) is 0 Å². The first-order valence-corrected chi connectivity index (χ1v) is 10.2. The van der Waals surface area contributed by atoms with Gasteiger partial charge in [-0.05, 0) is 53.6 Å². The van der Waals surface area contributed by atoms with Gasteiger partial charge in [0.25, 0.3) is 0 Å². The molecule has 0 fully saturated rings. The number of carboxylic acids is 1. The lowest BCUT2D eigenvalue weighted by molar-refractivity contribution is -0.192. The maximum Gasteiger partial charge on any atom is 0.490 e. The Labute approximate surface area is 198 Å². The van der Waals surface area contributed by atoms with Gasteiger partial charge >= 0.3 is 12.1 Å². The van der Waals surface area contributed by atoms with Crippen molar-refractivity contribution < 1.29 is 32.7 Å². The molecule has 35 heavy (non-hydrogen) atoms. The Morgan fingerprint density at radius 2 is 1.54 bits per heavy atom. The van der Waals surface area contributed by atoms with Crippen molar-refractivity contribution >= 4 is 40.1 Å². The number of carbonyl (C=O) groups is 3. The highest BCUT2D eigenvalue weighted by Gasteiger charge is 2.38. The van der Waals surface area contributed by atoms with Crippen molar-refractivity contribution in [1.82, 2.24) is 5.32 Å². The van der Waals surface area contributed by atoms with Gasteiger partial charge in [0.15, 0.2) is 0 Å². The molecule has 3 aromatic carbocycles. The molecule has 3 aromatic rings. The van der Waals surface area contributed by atoms with E-state index >= 15 is 0 Å². The van der Waals surface area contributed by atoms with Gasteiger partial charge in [0.1, 0.15) is 12.3 Å². The first-order chi connectivity index (χ1) is 16.4. The topological polar surface area (TPSA) is 145 Å². The van der Waals surface area contributed by atoms with Gasteiger partial charge in [-0.1, -0.05) is 36.4 Å². The summed E-state index contributed by atoms with van der Waals surface area (Å²) in [7, 11) is 0. The number of benzene rings is 3. The summed E-state index contributed by atoms with van der Waals surface area (Å²) in [5.74, 6) is -3.55. The lowest BCUT2D eigenvalue weighted by Crippen LogP contribution is -2.30. The number of carboxylic acid groups (broad SMARTS) is 1. The van der Waals surface area contributed by atoms with Crippen LogP contribution in [0.15, 0.2) is 66.7 Å². The molecule has 6 N–H and O–H groups in total. The van der Waals surface area contributed by atoms with Gasteiger partial charge in [0, 0.05) is 11.3 Å². The number of anilines is 1. The molecule has 0 spiro atoms. The van der Waals surface area contributed by atoms with Crippen molar-refractivity contribution in [1.29, 1.82) is 5.41 Å². The Morgan fingerprint density at radius 1 is 0.971 bits per heavy atom. The van der Waals surface area contributed by atoms with Gasteiger partial charge < -0.3 is 21.5 Å². The number of fused-ring (bicyclic) bond motifs is 1. The maximum absolute atomic E-state index is 12.2. The van der Waals surface area contributed by atoms with Gasteiger partial charge in [-0.3, -0.25) is 15.0 Å². The maximum atomic E-state index is 12.2. The predicted octanol–water partition coefficient (Wildman–Crippen LogP) is 3.96. The fourth-order valence-corrected chi connectivity index (χ4v) is 2.94. The lowest BCUT2D eigenvalue weighted by Gasteiger charge is -2.15. The van der Waals surface area contributed by atoms with Gasteiger partial charge in [0.2, 0.25) is 11.8 Å². The monoisotopic (exact) mass is 488 g/mol. The van der Waals surface area contributed by atoms with Crippen LogP contribution < -0.4 is 16.4 Å². The average molecular weight is 488 g/mol. The second-order valence-corrected chi connectivity index (χ2v) is 7.41. The number of hydrogen-bond donors (Lipinski definition) is 5. The molecule has 0 aliphatic heterocycles. The summed E-state index contributed by atoms with van der Waals surface area (Å²) in [5, 5.41) is 22.2. The zero-order valence-electron chi connectivity index (χ0n) is 18.5. The Bertz CT molecular complexity index is 1230. The second kappa shape index (κ2) is 11.6. The van der Waals surface area contributed by atoms with E-state index in [-0.39, 0.29) is 24.2 Å². The van der Waals surface area contributed by atoms with Crippen LogP contribution in [0.1, 0.15) is 30.5 Å². The van der Waals surface area contributed by atoms with Crippen LogP contribution in [0.25, 0.3) is 10.8 Å². The molecule has 0 heterocycles. The molecule has 3 rings (SSSR count). The molecular weight excluding hydrogens is 465 g/mol. The largest absolute Gasteiger partial charge is 0.490 e. The van der Waals surface area contributed by atoms with E-state index < -0.39 is 18.1 Å². The number of carbonyl (C=O) groups excluding carboxylic acids is 2. The highest BCUT2D eigenvalue weighted by atomic mass is 19.4. The summed E-state index contributed by atoms with van der Waals surface area (Å²) >= 11 is 0. The summed E-state index contributed by atoms with van der Waals surface area (Å²) in [6.07, 6.45) is -5.35. The highest BCUT2D eigenvalue weighted by molar-refractivity contribution is 6.04. The molecule has 0 saturated heterocycles. The second-order valence-electron chi connectivity index (χ2n) is 7.41. The number of halogens is 3. The molecular formula is C24H23F3N4O4. The zero-order chi connectivity index (χ0) is 26.2. The Hall–Kier alpha value is -4.41. The van der Waals surface area contributed by atoms with Crippen LogP contribution >= 0.6 is 0 Å². The summed E-state index contributed by atoms with van der Waals surface area (Å²) < 4.78 is 31.7. The molecule has 0 aliphatic carbocycles. The van der Waals surface area contributed by atoms with E-state index in [4.69, 9.17) is 21.0 Å². The van der Waals surface area contributed by atoms with Gasteiger partial charge in [-0.2, -0.15) is 13.2 Å². The zero-order valence-corrected chi connectivity index (χ0v) is 18.5. The molecule has 8 nitrogen and oxygen atoms in total. The first kappa shape index (κ1) is 26.8. The molecule has 0 radical (unpaired) electrons. The predicted molar refractivity (Wildman–Crippen MR) is 125 cm³/mol. The van der Waals surface area contributed by atoms with E-state index in [2.05, 4.69) is 10.6 Å². The van der Waals surface area contributed by atoms with Crippen molar-refractivity contribution in [2.24, 2.45) is 5.73 Å². The molecule has 2 amide bonds. The molecule has 0 bridgehead atoms. The van der Waals surface area contributed by atoms with E-state index in [1.54, 1.807) is 24.3 Å². The average Bonchev–Trinajstić information content (AvgIpc) is 2.78. The van der Waals surface area contributed by atoms with Crippen LogP contribution in [0.3, 0.4) is 0 Å². The van der Waals surface area contributed by atoms with E-state index in [0.717, 1.165) is 16.3 Å². The Morgan fingerprint density at radius 3 is 2.09 bits per heavy atom. The van der Waals surface area contributed by atoms with Crippen LogP contribution in [-0.4, -0.2) is 34.9 Å². The standard InChI is InChI=1S/C22H22N4O2.C2HF3O2/c1-14(17-7-6-15-4-2-3-5-18(15)12-17)25-20(27)13-21(28)26-19-10-8-16(9-11-19)22(23)24;3-2(4,5)1(6)7/h2-12,14H,13H2,1H3,(H3,23,24)(H,25,27)(H,26,28);(H,6,7)/t14-;/m0./s1. The normalized spacial score (nSPS) is 11.5. The number of nitrogens with two attached hydrogens (primary N) is 1. The van der Waals surface area contributed by atoms with Crippen LogP contribution in [-0.2, 0) is 14.4 Å². The van der Waals surface area contributed by atoms with E-state index in [1.807, 2.05) is 49.4 Å². The fraction of sp³-hybridized carbons (Fsp3) is 0.167. The molecule has 0 saturated carbocycles. The Kier molecular flexibility index (Phi) is 8.92. The molecule has 0 aromatic heterocycles. The molecule has 1 atom stereocenters. The molecule has 184 valence electrons. The van der Waals surface area contributed by atoms with Crippen molar-refractivity contribution in [3.8, 4) is 0 Å². The first-order valence-electron chi connectivity index (χ1n) is 10.2. The van der Waals surface area contributed by atoms with E-state index in [1.165, 1.54) is 0 Å². The van der Waals surface area contributed by atoms with E-state index in [0.29, 0.717) is 11.3 Å². The molecule has 0 unspecified atom stereocenters. The quantitative estimate of drug-likeness (QED) is 0.203. The van der Waals surface area contributed by atoms with Crippen LogP contribution in [0.5, 0.6) is 0 Å². The third-order valence-corrected chi connectivity index (χ3v) is 4.69. The third-order valence-electron chi connectivity index (χ3n) is 4.69. The highest BCUT2D eigenvalue weighted by Crippen LogP contribution is 2.20. The summed E-state index contributed by atoms with van der Waals surface area (Å²) in [5.41, 5.74) is 7.49. The van der Waals surface area contributed by atoms with E-state index in [9.17, 15) is 22.8 Å². The number of nitrogen functional groups attached to an aromatic ring is 1. The minimum atomic E-state index is -5.08. The van der Waals surface area contributed by atoms with Crippen molar-refractivity contribution in [3.05, 3.63) is 77.9 Å². The minimum Gasteiger partial charge on any atom is -0.475 e. The smallest absolute Gasteiger partial charge is 0.475 e. The van der Waals surface area contributed by atoms with Crippen molar-refractivity contribution in [2.75, 3.05) is 5.32 Å². The number of amides is 2. The fourth-order valence-electron chi connectivity index (χ4n) is 2.94. The summed E-state index contributed by atoms with van der Waals surface area (Å²) in [6, 6.07) is 20.4.